The molecule has 2 aromatic carbocycles. The zero-order chi connectivity index (χ0) is 31.9. The Morgan fingerprint density at radius 1 is 0.698 bits per heavy atom. The maximum atomic E-state index is 11.8. The zero-order valence-electron chi connectivity index (χ0n) is 28.7. The van der Waals surface area contributed by atoms with E-state index in [1.807, 2.05) is 12.1 Å². The highest BCUT2D eigenvalue weighted by Crippen LogP contribution is 2.43. The molecule has 1 unspecified atom stereocenters. The van der Waals surface area contributed by atoms with Gasteiger partial charge >= 0.3 is 0 Å². The zero-order valence-corrected chi connectivity index (χ0v) is 30.7. The van der Waals surface area contributed by atoms with E-state index in [2.05, 4.69) is 109 Å². The average Bonchev–Trinajstić information content (AvgIpc) is 2.89. The van der Waals surface area contributed by atoms with Crippen LogP contribution in [0.5, 0.6) is 11.5 Å². The van der Waals surface area contributed by atoms with Crippen LogP contribution in [0.25, 0.3) is 0 Å². The van der Waals surface area contributed by atoms with Gasteiger partial charge in [-0.1, -0.05) is 65.8 Å². The van der Waals surface area contributed by atoms with Gasteiger partial charge in [0, 0.05) is 19.6 Å². The van der Waals surface area contributed by atoms with Gasteiger partial charge in [0.1, 0.15) is 11.5 Å². The third kappa shape index (κ3) is 7.96. The average molecular weight is 626 g/mol. The highest BCUT2D eigenvalue weighted by Gasteiger charge is 2.41. The molecule has 240 valence electrons. The first-order valence-electron chi connectivity index (χ1n) is 16.5. The van der Waals surface area contributed by atoms with E-state index in [9.17, 15) is 10.2 Å². The molecule has 0 spiro atoms. The van der Waals surface area contributed by atoms with Gasteiger partial charge in [-0.15, -0.1) is 0 Å². The first kappa shape index (κ1) is 34.2. The van der Waals surface area contributed by atoms with Crippen molar-refractivity contribution in [1.82, 2.24) is 4.90 Å². The van der Waals surface area contributed by atoms with Crippen LogP contribution in [0.1, 0.15) is 91.2 Å². The topological polar surface area (TPSA) is 62.2 Å². The van der Waals surface area contributed by atoms with Gasteiger partial charge in [-0.2, -0.15) is 0 Å². The predicted molar refractivity (Wildman–Crippen MR) is 184 cm³/mol. The van der Waals surface area contributed by atoms with Crippen molar-refractivity contribution < 1.29 is 19.1 Å². The summed E-state index contributed by atoms with van der Waals surface area (Å²) < 4.78 is 12.9. The number of aliphatic hydroxyl groups is 2. The molecule has 0 bridgehead atoms. The van der Waals surface area contributed by atoms with Crippen LogP contribution in [0.15, 0.2) is 48.5 Å². The van der Waals surface area contributed by atoms with Crippen molar-refractivity contribution in [1.29, 1.82) is 0 Å². The van der Waals surface area contributed by atoms with Crippen LogP contribution in [-0.4, -0.2) is 51.4 Å². The molecule has 43 heavy (non-hydrogen) atoms. The van der Waals surface area contributed by atoms with Crippen molar-refractivity contribution in [2.24, 2.45) is 5.92 Å². The van der Waals surface area contributed by atoms with E-state index in [0.717, 1.165) is 80.8 Å². The van der Waals surface area contributed by atoms with E-state index in [0.29, 0.717) is 5.92 Å². The molecule has 2 aromatic rings. The summed E-state index contributed by atoms with van der Waals surface area (Å²) in [5.74, 6) is 2.25. The van der Waals surface area contributed by atoms with Gasteiger partial charge in [-0.3, -0.25) is 0 Å². The van der Waals surface area contributed by atoms with Crippen LogP contribution in [0.2, 0.25) is 36.3 Å². The van der Waals surface area contributed by atoms with E-state index >= 15 is 0 Å². The lowest BCUT2D eigenvalue weighted by atomic mass is 9.74. The lowest BCUT2D eigenvalue weighted by molar-refractivity contribution is -0.0477. The molecule has 1 aliphatic carbocycles. The Hall–Kier alpha value is -1.65. The van der Waals surface area contributed by atoms with Crippen LogP contribution >= 0.6 is 0 Å². The molecule has 2 fully saturated rings. The van der Waals surface area contributed by atoms with Crippen LogP contribution < -0.4 is 8.85 Å². The molecule has 2 atom stereocenters. The van der Waals surface area contributed by atoms with Crippen molar-refractivity contribution >= 4 is 16.6 Å². The summed E-state index contributed by atoms with van der Waals surface area (Å²) >= 11 is 0. The third-order valence-corrected chi connectivity index (χ3v) is 19.9. The summed E-state index contributed by atoms with van der Waals surface area (Å²) in [7, 11) is -3.79. The molecule has 5 nitrogen and oxygen atoms in total. The molecular weight excluding hydrogens is 567 g/mol. The predicted octanol–water partition coefficient (Wildman–Crippen LogP) is 8.82. The molecule has 1 saturated carbocycles. The Morgan fingerprint density at radius 3 is 1.53 bits per heavy atom. The van der Waals surface area contributed by atoms with Crippen LogP contribution in [0.3, 0.4) is 0 Å². The Bertz CT molecular complexity index is 1210. The van der Waals surface area contributed by atoms with E-state index in [4.69, 9.17) is 8.85 Å². The minimum atomic E-state index is -1.90. The Morgan fingerprint density at radius 2 is 1.12 bits per heavy atom. The van der Waals surface area contributed by atoms with Crippen LogP contribution in [0.4, 0.5) is 0 Å². The Labute approximate surface area is 264 Å². The number of piperidine rings is 1. The number of hydrogen-bond acceptors (Lipinski definition) is 5. The van der Waals surface area contributed by atoms with E-state index in [1.54, 1.807) is 0 Å². The molecule has 7 heteroatoms. The van der Waals surface area contributed by atoms with E-state index in [1.165, 1.54) is 0 Å². The molecule has 0 aromatic heterocycles. The largest absolute Gasteiger partial charge is 0.544 e. The van der Waals surface area contributed by atoms with Gasteiger partial charge in [0.15, 0.2) is 0 Å². The lowest BCUT2D eigenvalue weighted by Gasteiger charge is -2.43. The Kier molecular flexibility index (Phi) is 9.77. The van der Waals surface area contributed by atoms with Crippen LogP contribution in [-0.2, 0) is 11.2 Å². The molecule has 2 N–H and O–H groups in total. The molecule has 1 aliphatic heterocycles. The summed E-state index contributed by atoms with van der Waals surface area (Å²) in [6.07, 6.45) is 5.22. The minimum absolute atomic E-state index is 0.148. The van der Waals surface area contributed by atoms with Gasteiger partial charge in [0.25, 0.3) is 0 Å². The maximum Gasteiger partial charge on any atom is 0.250 e. The van der Waals surface area contributed by atoms with Gasteiger partial charge in [-0.05, 0) is 116 Å². The summed E-state index contributed by atoms with van der Waals surface area (Å²) in [5, 5.41) is 23.6. The fraction of sp³-hybridized carbons (Fsp3) is 0.667. The van der Waals surface area contributed by atoms with Gasteiger partial charge in [0.2, 0.25) is 16.6 Å². The van der Waals surface area contributed by atoms with Crippen molar-refractivity contribution in [2.45, 2.75) is 128 Å². The molecule has 4 rings (SSSR count). The summed E-state index contributed by atoms with van der Waals surface area (Å²) in [6.45, 7) is 25.3. The highest BCUT2D eigenvalue weighted by molar-refractivity contribution is 6.75. The van der Waals surface area contributed by atoms with Gasteiger partial charge in [-0.25, -0.2) is 0 Å². The first-order chi connectivity index (χ1) is 19.7. The number of benzene rings is 2. The molecule has 0 amide bonds. The van der Waals surface area contributed by atoms with Crippen molar-refractivity contribution in [3.05, 3.63) is 59.7 Å². The fourth-order valence-electron chi connectivity index (χ4n) is 6.10. The number of likely N-dealkylation sites (tertiary alicyclic amines) is 1. The normalized spacial score (nSPS) is 24.0. The van der Waals surface area contributed by atoms with Gasteiger partial charge in [0.05, 0.1) is 11.2 Å². The molecular formula is C36H59NO4Si2. The minimum Gasteiger partial charge on any atom is -0.544 e. The number of rotatable bonds is 8. The monoisotopic (exact) mass is 625 g/mol. The SMILES string of the molecule is CC(C)(C)[Si](C)(C)Oc1ccc(C2(O)CCN(C[C@@H]3CCCC(O)(c4ccc(O[Si](C)(C)C(C)(C)C)cc4)C3)CC2)cc1. The lowest BCUT2D eigenvalue weighted by Crippen LogP contribution is -2.45. The second kappa shape index (κ2) is 12.3. The van der Waals surface area contributed by atoms with Crippen LogP contribution in [0, 0.1) is 5.92 Å². The van der Waals surface area contributed by atoms with E-state index in [-0.39, 0.29) is 10.1 Å². The number of hydrogen-bond donors (Lipinski definition) is 2. The second-order valence-corrected chi connectivity index (χ2v) is 26.0. The summed E-state index contributed by atoms with van der Waals surface area (Å²) in [6, 6.07) is 16.4. The molecule has 0 radical (unpaired) electrons. The first-order valence-corrected chi connectivity index (χ1v) is 22.3. The molecule has 1 heterocycles. The maximum absolute atomic E-state index is 11.8. The van der Waals surface area contributed by atoms with Crippen molar-refractivity contribution in [3.8, 4) is 11.5 Å². The van der Waals surface area contributed by atoms with Gasteiger partial charge < -0.3 is 24.0 Å². The molecule has 2 aliphatic rings. The molecule has 1 saturated heterocycles. The fourth-order valence-corrected chi connectivity index (χ4v) is 8.17. The Balaban J connectivity index is 1.32. The smallest absolute Gasteiger partial charge is 0.250 e. The number of nitrogens with zero attached hydrogens (tertiary/aromatic N) is 1. The van der Waals surface area contributed by atoms with E-state index < -0.39 is 27.8 Å². The highest BCUT2D eigenvalue weighted by atomic mass is 28.4. The third-order valence-electron chi connectivity index (χ3n) is 11.2. The summed E-state index contributed by atoms with van der Waals surface area (Å²) in [4.78, 5) is 2.50. The quantitative estimate of drug-likeness (QED) is 0.287. The standard InChI is InChI=1S/C36H59NO4Si2/c1-33(2,3)42(7,8)40-31-17-13-29(14-18-31)35(38)22-24-37(25-23-35)27-28-12-11-21-36(39,26-28)30-15-19-32(20-16-30)41-43(9,10)34(4,5)6/h13-20,28,38-39H,11-12,21-27H2,1-10H3/t28-,36?/m1/s1. The van der Waals surface area contributed by atoms with Crippen molar-refractivity contribution in [3.63, 3.8) is 0 Å². The summed E-state index contributed by atoms with van der Waals surface area (Å²) in [5.41, 5.74) is 0.410. The van der Waals surface area contributed by atoms with Crippen molar-refractivity contribution in [2.75, 3.05) is 19.6 Å². The second-order valence-electron chi connectivity index (χ2n) is 16.6.